The molecular weight excluding hydrogens is 281 g/mol. The molecule has 0 bridgehead atoms. The van der Waals surface area contributed by atoms with Crippen molar-refractivity contribution in [1.82, 2.24) is 0 Å². The zero-order valence-electron chi connectivity index (χ0n) is 7.60. The molecule has 0 spiro atoms. The Morgan fingerprint density at radius 3 is 0.471 bits per heavy atom. The molecule has 0 rings (SSSR count). The molecule has 0 saturated carbocycles. The maximum absolute atomic E-state index is 8.00. The standard InChI is InChI=1S/Al.Mg.5HNO2/c;;5*2-1-3/h;;5*(H,2,3)/q+3;+2;;;;;/p-5. The fourth-order valence-electron chi connectivity index (χ4n) is 0. The van der Waals surface area contributed by atoms with E-state index in [2.05, 4.69) is 0 Å². The molecule has 0 N–H and O–H groups in total. The van der Waals surface area contributed by atoms with Crippen molar-refractivity contribution in [2.24, 2.45) is 26.7 Å². The third kappa shape index (κ3) is 747. The van der Waals surface area contributed by atoms with Gasteiger partial charge in [-0.05, 0) is 0 Å². The first kappa shape index (κ1) is 45.4. The van der Waals surface area contributed by atoms with Crippen molar-refractivity contribution < 1.29 is 0 Å². The second-order valence-electron chi connectivity index (χ2n) is 0.373. The van der Waals surface area contributed by atoms with E-state index in [9.17, 15) is 0 Å². The van der Waals surface area contributed by atoms with Crippen molar-refractivity contribution in [3.8, 4) is 0 Å². The summed E-state index contributed by atoms with van der Waals surface area (Å²) in [5.41, 5.74) is 0. The van der Waals surface area contributed by atoms with E-state index in [1.54, 1.807) is 0 Å². The van der Waals surface area contributed by atoms with Crippen molar-refractivity contribution in [2.45, 2.75) is 0 Å². The average molecular weight is 281 g/mol. The van der Waals surface area contributed by atoms with E-state index in [4.69, 9.17) is 50.6 Å². The Hall–Kier alpha value is -1.70. The quantitative estimate of drug-likeness (QED) is 0.336. The van der Waals surface area contributed by atoms with Crippen LogP contribution in [0.1, 0.15) is 0 Å². The van der Waals surface area contributed by atoms with Gasteiger partial charge >= 0.3 is 40.4 Å². The van der Waals surface area contributed by atoms with Crippen LogP contribution in [0.2, 0.25) is 0 Å². The molecular formula is AlMgN5O10. The van der Waals surface area contributed by atoms with Gasteiger partial charge in [-0.3, -0.25) is 0 Å². The summed E-state index contributed by atoms with van der Waals surface area (Å²) in [5.74, 6) is 0. The van der Waals surface area contributed by atoms with E-state index < -0.39 is 0 Å². The summed E-state index contributed by atoms with van der Waals surface area (Å²) in [6, 6.07) is 0. The number of nitrogens with zero attached hydrogens (tertiary/aromatic N) is 5. The molecule has 0 fully saturated rings. The summed E-state index contributed by atoms with van der Waals surface area (Å²) in [4.78, 5) is 40.0. The maximum Gasteiger partial charge on any atom is 3.00 e. The molecule has 0 saturated heterocycles. The van der Waals surface area contributed by atoms with Crippen LogP contribution >= 0.6 is 0 Å². The molecule has 0 aromatic heterocycles. The first-order valence-electron chi connectivity index (χ1n) is 1.83. The van der Waals surface area contributed by atoms with Crippen LogP contribution in [0.25, 0.3) is 0 Å². The predicted octanol–water partition coefficient (Wildman–Crippen LogP) is 0.491. The van der Waals surface area contributed by atoms with Crippen molar-refractivity contribution >= 4 is 40.4 Å². The summed E-state index contributed by atoms with van der Waals surface area (Å²) in [7, 11) is 0. The van der Waals surface area contributed by atoms with Gasteiger partial charge in [0.2, 0.25) is 0 Å². The van der Waals surface area contributed by atoms with Gasteiger partial charge < -0.3 is 50.6 Å². The summed E-state index contributed by atoms with van der Waals surface area (Å²) in [5, 5.41) is 45.0. The van der Waals surface area contributed by atoms with Crippen molar-refractivity contribution in [2.75, 3.05) is 0 Å². The zero-order valence-corrected chi connectivity index (χ0v) is 10.2. The Kier molecular flexibility index (Phi) is 621. The van der Waals surface area contributed by atoms with Crippen LogP contribution in [-0.2, 0) is 0 Å². The summed E-state index contributed by atoms with van der Waals surface area (Å²) in [6.07, 6.45) is 0. The van der Waals surface area contributed by atoms with Crippen molar-refractivity contribution in [3.63, 3.8) is 0 Å². The van der Waals surface area contributed by atoms with Gasteiger partial charge in [-0.25, -0.2) is 0 Å². The van der Waals surface area contributed by atoms with Crippen LogP contribution in [0.3, 0.4) is 0 Å². The molecule has 0 heterocycles. The SMILES string of the molecule is O=N[O-].O=N[O-].O=N[O-].O=N[O-].O=N[O-].[Al+3].[Mg+2]. The van der Waals surface area contributed by atoms with Crippen LogP contribution < -0.4 is 0 Å². The Balaban J connectivity index is -0.0000000143. The molecule has 0 atom stereocenters. The second-order valence-corrected chi connectivity index (χ2v) is 0.373. The largest absolute Gasteiger partial charge is 3.00 e. The number of hydrogen-bond acceptors (Lipinski definition) is 15. The average Bonchev–Trinajstić information content (AvgIpc) is 2.09. The molecule has 0 aromatic rings. The molecule has 0 amide bonds. The smallest absolute Gasteiger partial charge is 0.444 e. The van der Waals surface area contributed by atoms with E-state index in [0.29, 0.717) is 0 Å². The Morgan fingerprint density at radius 2 is 0.471 bits per heavy atom. The molecule has 17 heteroatoms. The van der Waals surface area contributed by atoms with Crippen LogP contribution in [0, 0.1) is 50.6 Å². The van der Waals surface area contributed by atoms with Gasteiger partial charge in [0.25, 0.3) is 0 Å². The third-order valence-electron chi connectivity index (χ3n) is 0. The van der Waals surface area contributed by atoms with Crippen LogP contribution in [0.15, 0.2) is 26.7 Å². The maximum atomic E-state index is 8.00. The summed E-state index contributed by atoms with van der Waals surface area (Å²) in [6.45, 7) is 0. The van der Waals surface area contributed by atoms with E-state index in [-0.39, 0.29) is 40.4 Å². The van der Waals surface area contributed by atoms with Gasteiger partial charge in [0.1, 0.15) is 0 Å². The Morgan fingerprint density at radius 1 is 0.471 bits per heavy atom. The Labute approximate surface area is 118 Å². The molecule has 0 aliphatic rings. The van der Waals surface area contributed by atoms with Gasteiger partial charge in [0.15, 0.2) is 0 Å². The van der Waals surface area contributed by atoms with Crippen LogP contribution in [-0.4, -0.2) is 40.4 Å². The van der Waals surface area contributed by atoms with Gasteiger partial charge in [-0.1, -0.05) is 0 Å². The topological polar surface area (TPSA) is 262 Å². The van der Waals surface area contributed by atoms with Gasteiger partial charge in [-0.2, -0.15) is 0 Å². The molecule has 0 radical (unpaired) electrons. The molecule has 17 heavy (non-hydrogen) atoms. The second kappa shape index (κ2) is 232. The normalized spacial score (nSPS) is 3.53. The first-order valence-corrected chi connectivity index (χ1v) is 1.83. The van der Waals surface area contributed by atoms with Crippen molar-refractivity contribution in [1.29, 1.82) is 0 Å². The molecule has 90 valence electrons. The molecule has 0 aliphatic heterocycles. The van der Waals surface area contributed by atoms with Crippen LogP contribution in [0.4, 0.5) is 0 Å². The molecule has 0 aliphatic carbocycles. The van der Waals surface area contributed by atoms with Crippen LogP contribution in [0.5, 0.6) is 0 Å². The van der Waals surface area contributed by atoms with E-state index in [0.717, 1.165) is 26.7 Å². The number of hydrogen-bond donors (Lipinski definition) is 0. The van der Waals surface area contributed by atoms with E-state index in [1.165, 1.54) is 0 Å². The van der Waals surface area contributed by atoms with Crippen molar-refractivity contribution in [3.05, 3.63) is 50.6 Å². The first-order chi connectivity index (χ1) is 7.07. The minimum atomic E-state index is 0. The molecule has 0 aromatic carbocycles. The zero-order chi connectivity index (χ0) is 13.5. The minimum Gasteiger partial charge on any atom is -0.444 e. The fraction of sp³-hybridized carbons (Fsp3) is 0. The minimum absolute atomic E-state index is 0. The summed E-state index contributed by atoms with van der Waals surface area (Å²) < 4.78 is 0. The predicted molar refractivity (Wildman–Crippen MR) is 57.3 cm³/mol. The Bertz CT molecular complexity index is 97.0. The van der Waals surface area contributed by atoms with Gasteiger partial charge in [-0.15, -0.1) is 26.7 Å². The monoisotopic (exact) mass is 281 g/mol. The molecule has 0 unspecified atom stereocenters. The van der Waals surface area contributed by atoms with Gasteiger partial charge in [0.05, 0.1) is 0 Å². The summed E-state index contributed by atoms with van der Waals surface area (Å²) >= 11 is 0. The van der Waals surface area contributed by atoms with E-state index >= 15 is 0 Å². The fourth-order valence-corrected chi connectivity index (χ4v) is 0. The number of rotatable bonds is 0. The third-order valence-corrected chi connectivity index (χ3v) is 0. The van der Waals surface area contributed by atoms with E-state index in [1.807, 2.05) is 0 Å². The molecule has 15 nitrogen and oxygen atoms in total. The van der Waals surface area contributed by atoms with Gasteiger partial charge in [0, 0.05) is 0 Å².